The summed E-state index contributed by atoms with van der Waals surface area (Å²) in [6.45, 7) is 1.96. The van der Waals surface area contributed by atoms with E-state index in [1.807, 2.05) is 41.8 Å². The van der Waals surface area contributed by atoms with Crippen LogP contribution in [0.2, 0.25) is 0 Å². The first-order chi connectivity index (χ1) is 9.72. The van der Waals surface area contributed by atoms with Gasteiger partial charge in [-0.15, -0.1) is 0 Å². The minimum Gasteiger partial charge on any atom is -0.493 e. The molecule has 0 saturated heterocycles. The number of hydrogen-bond donors (Lipinski definition) is 0. The summed E-state index contributed by atoms with van der Waals surface area (Å²) in [5.74, 6) is 2.10. The van der Waals surface area contributed by atoms with E-state index in [9.17, 15) is 0 Å². The summed E-state index contributed by atoms with van der Waals surface area (Å²) in [7, 11) is 3.26. The minimum atomic E-state index is 0.690. The van der Waals surface area contributed by atoms with Crippen molar-refractivity contribution >= 4 is 5.78 Å². The maximum absolute atomic E-state index is 5.36. The van der Waals surface area contributed by atoms with Gasteiger partial charge >= 0.3 is 0 Å². The van der Waals surface area contributed by atoms with Gasteiger partial charge in [0.2, 0.25) is 5.78 Å². The SMILES string of the molecule is COc1ccc(-c2cc(C)nc3nccn23)cc1OC. The summed E-state index contributed by atoms with van der Waals surface area (Å²) >= 11 is 0. The van der Waals surface area contributed by atoms with Crippen molar-refractivity contribution in [3.63, 3.8) is 0 Å². The van der Waals surface area contributed by atoms with Gasteiger partial charge in [0, 0.05) is 23.7 Å². The van der Waals surface area contributed by atoms with Crippen LogP contribution < -0.4 is 9.47 Å². The van der Waals surface area contributed by atoms with Crippen molar-refractivity contribution < 1.29 is 9.47 Å². The monoisotopic (exact) mass is 269 g/mol. The normalized spacial score (nSPS) is 10.8. The largest absolute Gasteiger partial charge is 0.493 e. The number of imidazole rings is 1. The molecule has 0 N–H and O–H groups in total. The van der Waals surface area contributed by atoms with Gasteiger partial charge in [0.05, 0.1) is 19.9 Å². The Balaban J connectivity index is 2.22. The molecule has 5 nitrogen and oxygen atoms in total. The zero-order chi connectivity index (χ0) is 14.1. The number of benzene rings is 1. The molecule has 0 unspecified atom stereocenters. The van der Waals surface area contributed by atoms with Gasteiger partial charge in [-0.1, -0.05) is 0 Å². The van der Waals surface area contributed by atoms with Crippen molar-refractivity contribution in [2.75, 3.05) is 14.2 Å². The molecule has 0 radical (unpaired) electrons. The molecule has 102 valence electrons. The van der Waals surface area contributed by atoms with Crippen LogP contribution in [0.25, 0.3) is 17.0 Å². The lowest BCUT2D eigenvalue weighted by Gasteiger charge is -2.11. The molecule has 5 heteroatoms. The van der Waals surface area contributed by atoms with E-state index in [1.54, 1.807) is 20.4 Å². The molecule has 0 bridgehead atoms. The Kier molecular flexibility index (Phi) is 3.02. The highest BCUT2D eigenvalue weighted by Gasteiger charge is 2.10. The highest BCUT2D eigenvalue weighted by atomic mass is 16.5. The zero-order valence-corrected chi connectivity index (χ0v) is 11.6. The quantitative estimate of drug-likeness (QED) is 0.733. The Labute approximate surface area is 116 Å². The summed E-state index contributed by atoms with van der Waals surface area (Å²) < 4.78 is 12.6. The van der Waals surface area contributed by atoms with E-state index in [0.29, 0.717) is 17.3 Å². The highest BCUT2D eigenvalue weighted by molar-refractivity contribution is 5.66. The molecule has 3 aromatic rings. The lowest BCUT2D eigenvalue weighted by Crippen LogP contribution is -1.97. The van der Waals surface area contributed by atoms with Gasteiger partial charge in [-0.2, -0.15) is 0 Å². The third-order valence-electron chi connectivity index (χ3n) is 3.18. The number of nitrogens with zero attached hydrogens (tertiary/aromatic N) is 3. The summed E-state index contributed by atoms with van der Waals surface area (Å²) in [6.07, 6.45) is 3.64. The van der Waals surface area contributed by atoms with E-state index < -0.39 is 0 Å². The summed E-state index contributed by atoms with van der Waals surface area (Å²) in [4.78, 5) is 8.63. The molecule has 0 aliphatic heterocycles. The second-order valence-electron chi connectivity index (χ2n) is 4.45. The maximum atomic E-state index is 5.36. The zero-order valence-electron chi connectivity index (χ0n) is 11.6. The van der Waals surface area contributed by atoms with E-state index in [0.717, 1.165) is 17.0 Å². The van der Waals surface area contributed by atoms with E-state index in [-0.39, 0.29) is 0 Å². The Morgan fingerprint density at radius 1 is 1.05 bits per heavy atom. The third-order valence-corrected chi connectivity index (χ3v) is 3.18. The molecule has 20 heavy (non-hydrogen) atoms. The first-order valence-electron chi connectivity index (χ1n) is 6.26. The molecule has 2 heterocycles. The van der Waals surface area contributed by atoms with Crippen LogP contribution in [0.3, 0.4) is 0 Å². The Hall–Kier alpha value is -2.56. The van der Waals surface area contributed by atoms with Crippen LogP contribution in [-0.2, 0) is 0 Å². The Bertz CT molecular complexity index is 765. The smallest absolute Gasteiger partial charge is 0.234 e. The fourth-order valence-electron chi connectivity index (χ4n) is 2.24. The first-order valence-corrected chi connectivity index (χ1v) is 6.26. The average molecular weight is 269 g/mol. The fourth-order valence-corrected chi connectivity index (χ4v) is 2.24. The molecular weight excluding hydrogens is 254 g/mol. The van der Waals surface area contributed by atoms with Gasteiger partial charge in [0.1, 0.15) is 0 Å². The van der Waals surface area contributed by atoms with Crippen LogP contribution in [0.5, 0.6) is 11.5 Å². The molecule has 2 aromatic heterocycles. The average Bonchev–Trinajstić information content (AvgIpc) is 2.93. The van der Waals surface area contributed by atoms with Crippen LogP contribution in [0.15, 0.2) is 36.7 Å². The predicted octanol–water partition coefficient (Wildman–Crippen LogP) is 2.72. The minimum absolute atomic E-state index is 0.690. The lowest BCUT2D eigenvalue weighted by molar-refractivity contribution is 0.355. The van der Waals surface area contributed by atoms with Crippen molar-refractivity contribution in [1.29, 1.82) is 0 Å². The number of ether oxygens (including phenoxy) is 2. The number of hydrogen-bond acceptors (Lipinski definition) is 4. The molecule has 1 aromatic carbocycles. The molecular formula is C15H15N3O2. The molecule has 0 fully saturated rings. The summed E-state index contributed by atoms with van der Waals surface area (Å²) in [5.41, 5.74) is 2.97. The van der Waals surface area contributed by atoms with E-state index in [1.165, 1.54) is 0 Å². The van der Waals surface area contributed by atoms with Crippen LogP contribution in [0, 0.1) is 6.92 Å². The van der Waals surface area contributed by atoms with Crippen molar-refractivity contribution in [3.8, 4) is 22.8 Å². The molecule has 0 aliphatic carbocycles. The molecule has 0 amide bonds. The van der Waals surface area contributed by atoms with Gasteiger partial charge in [-0.05, 0) is 31.2 Å². The van der Waals surface area contributed by atoms with Crippen LogP contribution in [0.1, 0.15) is 5.69 Å². The van der Waals surface area contributed by atoms with Gasteiger partial charge in [0.25, 0.3) is 0 Å². The third kappa shape index (κ3) is 1.97. The van der Waals surface area contributed by atoms with E-state index in [2.05, 4.69) is 9.97 Å². The molecule has 0 atom stereocenters. The van der Waals surface area contributed by atoms with Gasteiger partial charge < -0.3 is 9.47 Å². The predicted molar refractivity (Wildman–Crippen MR) is 76.3 cm³/mol. The Morgan fingerprint density at radius 3 is 2.60 bits per heavy atom. The van der Waals surface area contributed by atoms with E-state index >= 15 is 0 Å². The first kappa shape index (κ1) is 12.5. The van der Waals surface area contributed by atoms with Gasteiger partial charge in [0.15, 0.2) is 11.5 Å². The van der Waals surface area contributed by atoms with E-state index in [4.69, 9.17) is 9.47 Å². The second-order valence-corrected chi connectivity index (χ2v) is 4.45. The number of fused-ring (bicyclic) bond motifs is 1. The van der Waals surface area contributed by atoms with Crippen LogP contribution >= 0.6 is 0 Å². The number of rotatable bonds is 3. The summed E-state index contributed by atoms with van der Waals surface area (Å²) in [6, 6.07) is 7.87. The number of aryl methyl sites for hydroxylation is 1. The molecule has 0 aliphatic rings. The Morgan fingerprint density at radius 2 is 1.85 bits per heavy atom. The molecule has 0 spiro atoms. The summed E-state index contributed by atoms with van der Waals surface area (Å²) in [5, 5.41) is 0. The van der Waals surface area contributed by atoms with Gasteiger partial charge in [-0.25, -0.2) is 9.97 Å². The number of aromatic nitrogens is 3. The van der Waals surface area contributed by atoms with Crippen molar-refractivity contribution in [2.24, 2.45) is 0 Å². The highest BCUT2D eigenvalue weighted by Crippen LogP contribution is 2.32. The van der Waals surface area contributed by atoms with Crippen molar-refractivity contribution in [2.45, 2.75) is 6.92 Å². The molecule has 3 rings (SSSR count). The number of methoxy groups -OCH3 is 2. The standard InChI is InChI=1S/C15H15N3O2/c1-10-8-12(18-7-6-16-15(18)17-10)11-4-5-13(19-2)14(9-11)20-3/h4-9H,1-3H3. The van der Waals surface area contributed by atoms with Crippen LogP contribution in [0.4, 0.5) is 0 Å². The van der Waals surface area contributed by atoms with Gasteiger partial charge in [-0.3, -0.25) is 4.40 Å². The lowest BCUT2D eigenvalue weighted by atomic mass is 10.1. The second kappa shape index (κ2) is 4.85. The fraction of sp³-hybridized carbons (Fsp3) is 0.200. The van der Waals surface area contributed by atoms with Crippen LogP contribution in [-0.4, -0.2) is 28.6 Å². The molecule has 0 saturated carbocycles. The maximum Gasteiger partial charge on any atom is 0.234 e. The van der Waals surface area contributed by atoms with Crippen molar-refractivity contribution in [3.05, 3.63) is 42.4 Å². The topological polar surface area (TPSA) is 48.7 Å². The van der Waals surface area contributed by atoms with Crippen molar-refractivity contribution in [1.82, 2.24) is 14.4 Å².